The highest BCUT2D eigenvalue weighted by atomic mass is 32.2. The van der Waals surface area contributed by atoms with Gasteiger partial charge in [-0.05, 0) is 0 Å². The molecule has 0 spiro atoms. The largest absolute Gasteiger partial charge is 0.352 e. The molecule has 1 atom stereocenters. The molecule has 110 valence electrons. The minimum atomic E-state index is 0.616. The Kier molecular flexibility index (Phi) is 3.17. The van der Waals surface area contributed by atoms with Crippen molar-refractivity contribution in [3.05, 3.63) is 12.5 Å². The number of hydrogen-bond donors (Lipinski definition) is 1. The predicted molar refractivity (Wildman–Crippen MR) is 84.8 cm³/mol. The maximum absolute atomic E-state index is 4.63. The third kappa shape index (κ3) is 2.33. The molecule has 0 radical (unpaired) electrons. The molecule has 4 heterocycles. The van der Waals surface area contributed by atoms with Crippen molar-refractivity contribution in [3.8, 4) is 0 Å². The van der Waals surface area contributed by atoms with Gasteiger partial charge in [0.05, 0.1) is 18.1 Å². The van der Waals surface area contributed by atoms with Crippen LogP contribution in [-0.2, 0) is 0 Å². The van der Waals surface area contributed by atoms with Crippen LogP contribution < -0.4 is 4.90 Å². The van der Waals surface area contributed by atoms with Crippen molar-refractivity contribution in [1.29, 1.82) is 0 Å². The van der Waals surface area contributed by atoms with Crippen molar-refractivity contribution in [2.45, 2.75) is 12.2 Å². The number of hydrogen-bond acceptors (Lipinski definition) is 7. The zero-order valence-corrected chi connectivity index (χ0v) is 12.7. The van der Waals surface area contributed by atoms with Gasteiger partial charge in [-0.15, -0.1) is 0 Å². The van der Waals surface area contributed by atoms with Gasteiger partial charge in [-0.1, -0.05) is 18.7 Å². The lowest BCUT2D eigenvalue weighted by atomic mass is 10.3. The second kappa shape index (κ2) is 5.18. The van der Waals surface area contributed by atoms with Crippen molar-refractivity contribution in [2.24, 2.45) is 4.99 Å². The molecule has 21 heavy (non-hydrogen) atoms. The van der Waals surface area contributed by atoms with E-state index in [1.54, 1.807) is 12.5 Å². The molecule has 0 amide bonds. The molecular formula is C13H17N7S. The van der Waals surface area contributed by atoms with Gasteiger partial charge in [0.25, 0.3) is 0 Å². The minimum Gasteiger partial charge on any atom is -0.352 e. The Morgan fingerprint density at radius 3 is 2.76 bits per heavy atom. The van der Waals surface area contributed by atoms with Crippen molar-refractivity contribution < 1.29 is 0 Å². The number of thioether (sulfide) groups is 1. The van der Waals surface area contributed by atoms with E-state index in [9.17, 15) is 0 Å². The van der Waals surface area contributed by atoms with Gasteiger partial charge in [0, 0.05) is 31.4 Å². The topological polar surface area (TPSA) is 73.3 Å². The van der Waals surface area contributed by atoms with E-state index in [1.807, 2.05) is 11.8 Å². The summed E-state index contributed by atoms with van der Waals surface area (Å²) in [6, 6.07) is 0. The van der Waals surface area contributed by atoms with E-state index in [1.165, 1.54) is 5.17 Å². The minimum absolute atomic E-state index is 0.616. The number of piperazine rings is 1. The highest BCUT2D eigenvalue weighted by Gasteiger charge is 2.26. The van der Waals surface area contributed by atoms with Gasteiger partial charge in [-0.3, -0.25) is 10.1 Å². The number of aliphatic imine (C=N–C) groups is 1. The summed E-state index contributed by atoms with van der Waals surface area (Å²) in [6.07, 6.45) is 3.40. The van der Waals surface area contributed by atoms with Gasteiger partial charge in [0.1, 0.15) is 12.1 Å². The second-order valence-electron chi connectivity index (χ2n) is 5.36. The Morgan fingerprint density at radius 1 is 1.19 bits per heavy atom. The maximum Gasteiger partial charge on any atom is 0.160 e. The number of anilines is 1. The summed E-state index contributed by atoms with van der Waals surface area (Å²) in [5.74, 6) is 0.975. The van der Waals surface area contributed by atoms with Gasteiger partial charge < -0.3 is 9.80 Å². The summed E-state index contributed by atoms with van der Waals surface area (Å²) in [5.41, 5.74) is 0.798. The fourth-order valence-corrected chi connectivity index (χ4v) is 3.74. The number of amidine groups is 1. The number of aromatic amines is 1. The molecule has 2 aromatic rings. The maximum atomic E-state index is 4.63. The number of nitrogens with zero attached hydrogens (tertiary/aromatic N) is 6. The van der Waals surface area contributed by atoms with Crippen molar-refractivity contribution >= 4 is 33.8 Å². The fraction of sp³-hybridized carbons (Fsp3) is 0.538. The molecular weight excluding hydrogens is 286 g/mol. The molecule has 2 aromatic heterocycles. The van der Waals surface area contributed by atoms with Crippen LogP contribution in [-0.4, -0.2) is 68.2 Å². The zero-order valence-electron chi connectivity index (χ0n) is 11.9. The Labute approximate surface area is 126 Å². The Bertz CT molecular complexity index is 674. The number of rotatable bonds is 1. The van der Waals surface area contributed by atoms with Crippen LogP contribution in [0, 0.1) is 0 Å². The molecule has 4 rings (SSSR count). The molecule has 0 aliphatic carbocycles. The summed E-state index contributed by atoms with van der Waals surface area (Å²) in [7, 11) is 0. The van der Waals surface area contributed by atoms with Crippen molar-refractivity contribution in [1.82, 2.24) is 25.1 Å². The molecule has 1 fully saturated rings. The average Bonchev–Trinajstić information content (AvgIpc) is 3.15. The first-order chi connectivity index (χ1) is 10.3. The van der Waals surface area contributed by atoms with Crippen LogP contribution in [0.15, 0.2) is 17.5 Å². The van der Waals surface area contributed by atoms with E-state index in [2.05, 4.69) is 41.9 Å². The van der Waals surface area contributed by atoms with E-state index < -0.39 is 0 Å². The fourth-order valence-electron chi connectivity index (χ4n) is 2.75. The summed E-state index contributed by atoms with van der Waals surface area (Å²) < 4.78 is 0. The average molecular weight is 303 g/mol. The molecule has 2 aliphatic heterocycles. The highest BCUT2D eigenvalue weighted by molar-refractivity contribution is 8.14. The molecule has 7 nitrogen and oxygen atoms in total. The lowest BCUT2D eigenvalue weighted by molar-refractivity contribution is 0.391. The smallest absolute Gasteiger partial charge is 0.160 e. The van der Waals surface area contributed by atoms with Gasteiger partial charge in [-0.2, -0.15) is 5.10 Å². The molecule has 0 unspecified atom stereocenters. The first kappa shape index (κ1) is 12.9. The molecule has 0 bridgehead atoms. The van der Waals surface area contributed by atoms with Crippen LogP contribution in [0.25, 0.3) is 11.0 Å². The molecule has 0 saturated carbocycles. The molecule has 0 aromatic carbocycles. The van der Waals surface area contributed by atoms with Gasteiger partial charge in [0.2, 0.25) is 0 Å². The third-order valence-corrected chi connectivity index (χ3v) is 5.02. The Hall–Kier alpha value is -1.83. The first-order valence-corrected chi connectivity index (χ1v) is 8.04. The SMILES string of the molecule is C[C@@H]1CN=C(N2CCN(c3ncnc4[nH]ncc34)CC2)S1. The number of fused-ring (bicyclic) bond motifs is 1. The standard InChI is InChI=1S/C13H17N7S/c1-9-6-14-13(21-9)20-4-2-19(3-5-20)12-10-7-17-18-11(10)15-8-16-12/h7-9H,2-6H2,1H3,(H,15,16,17,18)/t9-/m1/s1. The summed E-state index contributed by atoms with van der Waals surface area (Å²) >= 11 is 1.89. The molecule has 8 heteroatoms. The lowest BCUT2D eigenvalue weighted by Gasteiger charge is -2.36. The summed E-state index contributed by atoms with van der Waals surface area (Å²) in [4.78, 5) is 18.0. The van der Waals surface area contributed by atoms with Crippen molar-refractivity contribution in [3.63, 3.8) is 0 Å². The summed E-state index contributed by atoms with van der Waals surface area (Å²) in [5, 5.41) is 9.77. The normalized spacial score (nSPS) is 22.9. The second-order valence-corrected chi connectivity index (χ2v) is 6.76. The van der Waals surface area contributed by atoms with Gasteiger partial charge >= 0.3 is 0 Å². The van der Waals surface area contributed by atoms with E-state index >= 15 is 0 Å². The molecule has 2 aliphatic rings. The van der Waals surface area contributed by atoms with Crippen LogP contribution in [0.5, 0.6) is 0 Å². The van der Waals surface area contributed by atoms with Gasteiger partial charge in [-0.25, -0.2) is 9.97 Å². The van der Waals surface area contributed by atoms with Crippen LogP contribution >= 0.6 is 11.8 Å². The van der Waals surface area contributed by atoms with E-state index in [4.69, 9.17) is 0 Å². The number of aromatic nitrogens is 4. The summed E-state index contributed by atoms with van der Waals surface area (Å²) in [6.45, 7) is 7.05. The van der Waals surface area contributed by atoms with E-state index in [-0.39, 0.29) is 0 Å². The first-order valence-electron chi connectivity index (χ1n) is 7.16. The van der Waals surface area contributed by atoms with E-state index in [0.717, 1.165) is 49.6 Å². The third-order valence-electron chi connectivity index (χ3n) is 3.87. The van der Waals surface area contributed by atoms with Crippen molar-refractivity contribution in [2.75, 3.05) is 37.6 Å². The zero-order chi connectivity index (χ0) is 14.2. The highest BCUT2D eigenvalue weighted by Crippen LogP contribution is 2.26. The monoisotopic (exact) mass is 303 g/mol. The Balaban J connectivity index is 1.49. The lowest BCUT2D eigenvalue weighted by Crippen LogP contribution is -2.48. The van der Waals surface area contributed by atoms with Crippen LogP contribution in [0.2, 0.25) is 0 Å². The van der Waals surface area contributed by atoms with E-state index in [0.29, 0.717) is 5.25 Å². The number of nitrogens with one attached hydrogen (secondary N) is 1. The predicted octanol–water partition coefficient (Wildman–Crippen LogP) is 0.966. The van der Waals surface area contributed by atoms with Gasteiger partial charge in [0.15, 0.2) is 10.8 Å². The van der Waals surface area contributed by atoms with Crippen LogP contribution in [0.4, 0.5) is 5.82 Å². The Morgan fingerprint density at radius 2 is 2.00 bits per heavy atom. The van der Waals surface area contributed by atoms with Crippen LogP contribution in [0.1, 0.15) is 6.92 Å². The quantitative estimate of drug-likeness (QED) is 0.846. The van der Waals surface area contributed by atoms with Crippen LogP contribution in [0.3, 0.4) is 0 Å². The number of H-pyrrole nitrogens is 1. The molecule has 1 saturated heterocycles. The molecule has 1 N–H and O–H groups in total.